The number of nitrogens with one attached hydrogen (secondary N) is 1. The lowest BCUT2D eigenvalue weighted by atomic mass is 9.98. The molecule has 3 aromatic rings. The van der Waals surface area contributed by atoms with Crippen LogP contribution >= 0.6 is 0 Å². The van der Waals surface area contributed by atoms with Crippen molar-refractivity contribution in [2.75, 3.05) is 12.4 Å². The molecule has 8 heteroatoms. The average Bonchev–Trinajstić information content (AvgIpc) is 3.27. The number of aromatic nitrogens is 1. The van der Waals surface area contributed by atoms with E-state index in [-0.39, 0.29) is 23.7 Å². The number of fused-ring (bicyclic) bond motifs is 1. The van der Waals surface area contributed by atoms with Crippen LogP contribution in [-0.2, 0) is 35.1 Å². The Morgan fingerprint density at radius 1 is 1.11 bits per heavy atom. The molecule has 0 spiro atoms. The Kier molecular flexibility index (Phi) is 6.73. The summed E-state index contributed by atoms with van der Waals surface area (Å²) in [6.07, 6.45) is -0.602. The summed E-state index contributed by atoms with van der Waals surface area (Å²) in [5, 5.41) is 3.31. The van der Waals surface area contributed by atoms with Crippen LogP contribution < -0.4 is 5.32 Å². The fraction of sp³-hybridized carbons (Fsp3) is 0.222. The third-order valence-electron chi connectivity index (χ3n) is 5.91. The number of aryl methyl sites for hydroxylation is 1. The minimum atomic E-state index is -4.50. The highest BCUT2D eigenvalue weighted by molar-refractivity contribution is 5.98. The number of alkyl halides is 3. The Balaban J connectivity index is 1.45. The standard InChI is InChI=1S/C27H23F3N2O3/c1-16-6-7-17(9-25(33)18-4-3-5-22(11-18)27(28,29)30)8-21(16)14-31-23-12-19-10-20(26(34)35-2)13-24(19)32-15-23/h3-8,10-12,15,31H,9,13-14H2,1-2H3. The highest BCUT2D eigenvalue weighted by atomic mass is 19.4. The summed E-state index contributed by atoms with van der Waals surface area (Å²) in [5.41, 5.74) is 4.86. The SMILES string of the molecule is COC(=O)C1=Cc2cc(NCc3cc(CC(=O)c4cccc(C(F)(F)F)c4)ccc3C)cnc2C1. The summed E-state index contributed by atoms with van der Waals surface area (Å²) in [6.45, 7) is 2.41. The minimum absolute atomic E-state index is 0.00388. The molecule has 0 saturated heterocycles. The number of ketones is 1. The predicted octanol–water partition coefficient (Wildman–Crippen LogP) is 5.56. The summed E-state index contributed by atoms with van der Waals surface area (Å²) in [7, 11) is 1.34. The molecule has 0 atom stereocenters. The molecule has 0 amide bonds. The molecular formula is C27H23F3N2O3. The van der Waals surface area contributed by atoms with Crippen LogP contribution in [0.2, 0.25) is 0 Å². The van der Waals surface area contributed by atoms with Crippen LogP contribution in [0.25, 0.3) is 6.08 Å². The van der Waals surface area contributed by atoms with Gasteiger partial charge in [-0.3, -0.25) is 9.78 Å². The lowest BCUT2D eigenvalue weighted by molar-refractivity contribution is -0.138. The van der Waals surface area contributed by atoms with Crippen LogP contribution in [0.5, 0.6) is 0 Å². The van der Waals surface area contributed by atoms with Crippen molar-refractivity contribution >= 4 is 23.5 Å². The van der Waals surface area contributed by atoms with Crippen LogP contribution in [0.4, 0.5) is 18.9 Å². The van der Waals surface area contributed by atoms with E-state index < -0.39 is 11.7 Å². The van der Waals surface area contributed by atoms with E-state index in [0.717, 1.165) is 40.2 Å². The zero-order chi connectivity index (χ0) is 25.2. The lowest BCUT2D eigenvalue weighted by Crippen LogP contribution is -2.09. The summed E-state index contributed by atoms with van der Waals surface area (Å²) in [4.78, 5) is 28.8. The van der Waals surface area contributed by atoms with Crippen LogP contribution in [0.3, 0.4) is 0 Å². The molecule has 5 nitrogen and oxygen atoms in total. The van der Waals surface area contributed by atoms with E-state index in [4.69, 9.17) is 4.74 Å². The molecule has 1 N–H and O–H groups in total. The number of carbonyl (C=O) groups is 2. The zero-order valence-electron chi connectivity index (χ0n) is 19.2. The highest BCUT2D eigenvalue weighted by Gasteiger charge is 2.30. The number of benzene rings is 2. The first-order chi connectivity index (χ1) is 16.6. The van der Waals surface area contributed by atoms with Crippen molar-refractivity contribution in [3.63, 3.8) is 0 Å². The summed E-state index contributed by atoms with van der Waals surface area (Å²) < 4.78 is 43.7. The molecule has 35 heavy (non-hydrogen) atoms. The Morgan fingerprint density at radius 2 is 1.91 bits per heavy atom. The van der Waals surface area contributed by atoms with E-state index in [1.807, 2.05) is 25.1 Å². The number of carbonyl (C=O) groups excluding carboxylic acids is 2. The van der Waals surface area contributed by atoms with Crippen molar-refractivity contribution in [1.29, 1.82) is 0 Å². The number of ether oxygens (including phenoxy) is 1. The van der Waals surface area contributed by atoms with E-state index >= 15 is 0 Å². The van der Waals surface area contributed by atoms with Crippen molar-refractivity contribution in [2.24, 2.45) is 0 Å². The van der Waals surface area contributed by atoms with Gasteiger partial charge in [0.2, 0.25) is 0 Å². The van der Waals surface area contributed by atoms with E-state index in [9.17, 15) is 22.8 Å². The number of Topliss-reactive ketones (excluding diaryl/α,β-unsaturated/α-hetero) is 1. The van der Waals surface area contributed by atoms with Crippen LogP contribution in [-0.4, -0.2) is 23.8 Å². The van der Waals surface area contributed by atoms with Crippen molar-refractivity contribution in [1.82, 2.24) is 4.98 Å². The number of methoxy groups -OCH3 is 1. The maximum absolute atomic E-state index is 13.0. The first-order valence-electron chi connectivity index (χ1n) is 10.9. The van der Waals surface area contributed by atoms with Gasteiger partial charge >= 0.3 is 12.1 Å². The quantitative estimate of drug-likeness (QED) is 0.354. The van der Waals surface area contributed by atoms with Gasteiger partial charge in [-0.1, -0.05) is 30.3 Å². The normalized spacial score (nSPS) is 12.7. The number of hydrogen-bond acceptors (Lipinski definition) is 5. The fourth-order valence-electron chi connectivity index (χ4n) is 3.94. The third kappa shape index (κ3) is 5.59. The topological polar surface area (TPSA) is 68.3 Å². The van der Waals surface area contributed by atoms with Crippen LogP contribution in [0, 0.1) is 6.92 Å². The van der Waals surface area contributed by atoms with Gasteiger partial charge in [0.05, 0.1) is 30.3 Å². The number of rotatable bonds is 7. The first kappa shape index (κ1) is 24.2. The molecule has 0 bridgehead atoms. The van der Waals surface area contributed by atoms with Crippen molar-refractivity contribution in [2.45, 2.75) is 32.5 Å². The summed E-state index contributed by atoms with van der Waals surface area (Å²) in [5.74, 6) is -0.750. The molecule has 4 rings (SSSR count). The van der Waals surface area contributed by atoms with Gasteiger partial charge in [0.15, 0.2) is 5.78 Å². The molecule has 0 saturated carbocycles. The Hall–Kier alpha value is -3.94. The Labute approximate surface area is 200 Å². The van der Waals surface area contributed by atoms with Crippen molar-refractivity contribution in [3.05, 3.63) is 99.4 Å². The monoisotopic (exact) mass is 480 g/mol. The number of pyridine rings is 1. The van der Waals surface area contributed by atoms with Gasteiger partial charge in [-0.05, 0) is 53.5 Å². The van der Waals surface area contributed by atoms with Crippen LogP contribution in [0.1, 0.15) is 43.9 Å². The molecule has 1 aliphatic carbocycles. The second kappa shape index (κ2) is 9.74. The largest absolute Gasteiger partial charge is 0.466 e. The van der Waals surface area contributed by atoms with Gasteiger partial charge < -0.3 is 10.1 Å². The third-order valence-corrected chi connectivity index (χ3v) is 5.91. The number of nitrogens with zero attached hydrogens (tertiary/aromatic N) is 1. The van der Waals surface area contributed by atoms with E-state index in [2.05, 4.69) is 10.3 Å². The molecule has 180 valence electrons. The molecule has 0 unspecified atom stereocenters. The first-order valence-corrected chi connectivity index (χ1v) is 10.9. The molecule has 2 aromatic carbocycles. The Bertz CT molecular complexity index is 1330. The van der Waals surface area contributed by atoms with Gasteiger partial charge in [-0.15, -0.1) is 0 Å². The maximum atomic E-state index is 13.0. The smallest absolute Gasteiger partial charge is 0.416 e. The van der Waals surface area contributed by atoms with Gasteiger partial charge in [-0.2, -0.15) is 13.2 Å². The van der Waals surface area contributed by atoms with Crippen LogP contribution in [0.15, 0.2) is 60.3 Å². The fourth-order valence-corrected chi connectivity index (χ4v) is 3.94. The van der Waals surface area contributed by atoms with Gasteiger partial charge in [0, 0.05) is 30.5 Å². The second-order valence-electron chi connectivity index (χ2n) is 8.39. The molecule has 1 aliphatic rings. The predicted molar refractivity (Wildman–Crippen MR) is 126 cm³/mol. The molecule has 1 aromatic heterocycles. The maximum Gasteiger partial charge on any atom is 0.416 e. The van der Waals surface area contributed by atoms with Gasteiger partial charge in [-0.25, -0.2) is 4.79 Å². The molecule has 1 heterocycles. The number of hydrogen-bond donors (Lipinski definition) is 1. The number of esters is 1. The molecular weight excluding hydrogens is 457 g/mol. The molecule has 0 radical (unpaired) electrons. The van der Waals surface area contributed by atoms with E-state index in [1.54, 1.807) is 18.3 Å². The van der Waals surface area contributed by atoms with Crippen molar-refractivity contribution < 1.29 is 27.5 Å². The minimum Gasteiger partial charge on any atom is -0.466 e. The second-order valence-corrected chi connectivity index (χ2v) is 8.39. The van der Waals surface area contributed by atoms with Gasteiger partial charge in [0.1, 0.15) is 0 Å². The zero-order valence-corrected chi connectivity index (χ0v) is 19.2. The number of halogens is 3. The summed E-state index contributed by atoms with van der Waals surface area (Å²) in [6, 6.07) is 12.0. The molecule has 0 fully saturated rings. The highest BCUT2D eigenvalue weighted by Crippen LogP contribution is 2.30. The van der Waals surface area contributed by atoms with E-state index in [0.29, 0.717) is 24.1 Å². The average molecular weight is 480 g/mol. The van der Waals surface area contributed by atoms with Crippen molar-refractivity contribution in [3.8, 4) is 0 Å². The summed E-state index contributed by atoms with van der Waals surface area (Å²) >= 11 is 0. The lowest BCUT2D eigenvalue weighted by Gasteiger charge is -2.12. The number of anilines is 1. The molecule has 0 aliphatic heterocycles. The Morgan fingerprint density at radius 3 is 2.66 bits per heavy atom. The van der Waals surface area contributed by atoms with Gasteiger partial charge in [0.25, 0.3) is 0 Å². The van der Waals surface area contributed by atoms with E-state index in [1.165, 1.54) is 19.2 Å².